The largest absolute Gasteiger partial charge is 0.326 e. The average Bonchev–Trinajstić information content (AvgIpc) is 2.48. The Morgan fingerprint density at radius 1 is 1.29 bits per heavy atom. The monoisotopic (exact) mass is 375 g/mol. The number of hydrogen-bond donors (Lipinski definition) is 3. The fraction of sp³-hybridized carbons (Fsp3) is 0.562. The third-order valence-corrected chi connectivity index (χ3v) is 5.04. The van der Waals surface area contributed by atoms with Gasteiger partial charge in [-0.1, -0.05) is 19.1 Å². The van der Waals surface area contributed by atoms with Gasteiger partial charge < -0.3 is 10.6 Å². The third kappa shape index (κ3) is 7.17. The summed E-state index contributed by atoms with van der Waals surface area (Å²) in [5.41, 5.74) is 1.28. The van der Waals surface area contributed by atoms with Crippen LogP contribution in [0.25, 0.3) is 0 Å². The zero-order valence-corrected chi connectivity index (χ0v) is 15.5. The number of hydrogen-bond acceptors (Lipinski definition) is 4. The van der Waals surface area contributed by atoms with Crippen LogP contribution in [0.5, 0.6) is 0 Å². The predicted octanol–water partition coefficient (Wildman–Crippen LogP) is 1.86. The first-order valence-corrected chi connectivity index (χ1v) is 9.65. The molecule has 136 valence electrons. The summed E-state index contributed by atoms with van der Waals surface area (Å²) < 4.78 is 22.1. The molecule has 1 amide bonds. The number of carbonyl (C=O) groups excluding carboxylic acids is 1. The van der Waals surface area contributed by atoms with E-state index in [-0.39, 0.29) is 24.1 Å². The molecule has 0 bridgehead atoms. The number of carbonyl (C=O) groups is 1. The van der Waals surface area contributed by atoms with E-state index in [2.05, 4.69) is 17.6 Å². The highest BCUT2D eigenvalue weighted by Crippen LogP contribution is 2.24. The summed E-state index contributed by atoms with van der Waals surface area (Å²) in [5, 5.41) is 11.2. The topological polar surface area (TPSA) is 101 Å². The molecule has 4 N–H and O–H groups in total. The highest BCUT2D eigenvalue weighted by atomic mass is 35.5. The summed E-state index contributed by atoms with van der Waals surface area (Å²) in [4.78, 5) is 12.1. The third-order valence-electron chi connectivity index (χ3n) is 4.30. The van der Waals surface area contributed by atoms with Gasteiger partial charge in [-0.2, -0.15) is 0 Å². The second-order valence-corrected chi connectivity index (χ2v) is 7.94. The first-order valence-electron chi connectivity index (χ1n) is 7.93. The molecule has 6 nitrogen and oxygen atoms in total. The number of anilines is 1. The number of nitrogens with one attached hydrogen (secondary N) is 2. The molecule has 2 rings (SSSR count). The summed E-state index contributed by atoms with van der Waals surface area (Å²) >= 11 is 0. The summed E-state index contributed by atoms with van der Waals surface area (Å²) in [6, 6.07) is 6.73. The molecule has 1 aromatic carbocycles. The Balaban J connectivity index is 0.00000288. The minimum absolute atomic E-state index is 0. The van der Waals surface area contributed by atoms with Gasteiger partial charge in [-0.3, -0.25) is 4.79 Å². The van der Waals surface area contributed by atoms with Gasteiger partial charge in [0.25, 0.3) is 0 Å². The molecule has 24 heavy (non-hydrogen) atoms. The van der Waals surface area contributed by atoms with Crippen LogP contribution in [0.15, 0.2) is 24.3 Å². The van der Waals surface area contributed by atoms with Gasteiger partial charge in [0, 0.05) is 12.1 Å². The summed E-state index contributed by atoms with van der Waals surface area (Å²) in [6.45, 7) is 4.19. The lowest BCUT2D eigenvalue weighted by Gasteiger charge is -2.27. The normalized spacial score (nSPS) is 16.9. The summed E-state index contributed by atoms with van der Waals surface area (Å²) in [6.07, 6.45) is 2.75. The van der Waals surface area contributed by atoms with Crippen LogP contribution < -0.4 is 15.8 Å². The van der Waals surface area contributed by atoms with Crippen LogP contribution in [0.3, 0.4) is 0 Å². The standard InChI is InChI=1S/C16H25N3O3S.ClH/c1-12(14-6-8-18-9-7-14)10-16(20)19-15-4-2-13(3-5-15)11-23(17,21)22;/h2-5,12,14,18H,6-11H2,1H3,(H,19,20)(H2,17,21,22);1H. The van der Waals surface area contributed by atoms with E-state index in [0.29, 0.717) is 29.5 Å². The molecular weight excluding hydrogens is 350 g/mol. The predicted molar refractivity (Wildman–Crippen MR) is 98.5 cm³/mol. The Morgan fingerprint density at radius 2 is 1.88 bits per heavy atom. The molecule has 1 atom stereocenters. The number of sulfonamides is 1. The van der Waals surface area contributed by atoms with Gasteiger partial charge in [-0.25, -0.2) is 13.6 Å². The molecule has 8 heteroatoms. The number of primary sulfonamides is 1. The van der Waals surface area contributed by atoms with Crippen molar-refractivity contribution in [3.8, 4) is 0 Å². The summed E-state index contributed by atoms with van der Waals surface area (Å²) in [5.74, 6) is 0.752. The van der Waals surface area contributed by atoms with Crippen molar-refractivity contribution in [2.75, 3.05) is 18.4 Å². The maximum atomic E-state index is 12.1. The highest BCUT2D eigenvalue weighted by molar-refractivity contribution is 7.88. The van der Waals surface area contributed by atoms with Crippen molar-refractivity contribution in [2.45, 2.75) is 31.9 Å². The maximum absolute atomic E-state index is 12.1. The van der Waals surface area contributed by atoms with Crippen molar-refractivity contribution in [3.63, 3.8) is 0 Å². The number of amides is 1. The van der Waals surface area contributed by atoms with Gasteiger partial charge in [-0.05, 0) is 55.5 Å². The molecule has 1 unspecified atom stereocenters. The van der Waals surface area contributed by atoms with E-state index >= 15 is 0 Å². The van der Waals surface area contributed by atoms with Crippen molar-refractivity contribution in [3.05, 3.63) is 29.8 Å². The van der Waals surface area contributed by atoms with Crippen molar-refractivity contribution in [1.29, 1.82) is 0 Å². The van der Waals surface area contributed by atoms with Crippen molar-refractivity contribution >= 4 is 34.0 Å². The molecule has 0 aromatic heterocycles. The number of rotatable bonds is 6. The lowest BCUT2D eigenvalue weighted by molar-refractivity contribution is -0.117. The molecule has 0 saturated carbocycles. The van der Waals surface area contributed by atoms with Gasteiger partial charge in [-0.15, -0.1) is 12.4 Å². The van der Waals surface area contributed by atoms with Crippen LogP contribution in [-0.4, -0.2) is 27.4 Å². The molecule has 1 aliphatic heterocycles. The molecule has 1 fully saturated rings. The number of halogens is 1. The van der Waals surface area contributed by atoms with Crippen molar-refractivity contribution in [1.82, 2.24) is 5.32 Å². The van der Waals surface area contributed by atoms with Gasteiger partial charge in [0.05, 0.1) is 5.75 Å². The van der Waals surface area contributed by atoms with E-state index in [9.17, 15) is 13.2 Å². The maximum Gasteiger partial charge on any atom is 0.224 e. The van der Waals surface area contributed by atoms with E-state index < -0.39 is 10.0 Å². The number of nitrogens with two attached hydrogens (primary N) is 1. The fourth-order valence-electron chi connectivity index (χ4n) is 3.00. The lowest BCUT2D eigenvalue weighted by Crippen LogP contribution is -2.32. The molecule has 0 radical (unpaired) electrons. The SMILES string of the molecule is CC(CC(=O)Nc1ccc(CS(N)(=O)=O)cc1)C1CCNCC1.Cl. The zero-order chi connectivity index (χ0) is 16.9. The number of benzene rings is 1. The minimum atomic E-state index is -3.53. The van der Waals surface area contributed by atoms with E-state index in [1.807, 2.05) is 0 Å². The van der Waals surface area contributed by atoms with Crippen LogP contribution in [-0.2, 0) is 20.6 Å². The fourth-order valence-corrected chi connectivity index (χ4v) is 3.66. The first kappa shape index (κ1) is 20.9. The van der Waals surface area contributed by atoms with E-state index in [1.54, 1.807) is 24.3 Å². The molecule has 0 spiro atoms. The Bertz CT molecular complexity index is 628. The van der Waals surface area contributed by atoms with Gasteiger partial charge in [0.15, 0.2) is 0 Å². The van der Waals surface area contributed by atoms with E-state index in [0.717, 1.165) is 25.9 Å². The molecule has 1 heterocycles. The van der Waals surface area contributed by atoms with Crippen LogP contribution in [0.4, 0.5) is 5.69 Å². The first-order chi connectivity index (χ1) is 10.8. The Hall–Kier alpha value is -1.15. The molecule has 0 aliphatic carbocycles. The van der Waals surface area contributed by atoms with Crippen LogP contribution >= 0.6 is 12.4 Å². The van der Waals surface area contributed by atoms with E-state index in [4.69, 9.17) is 5.14 Å². The van der Waals surface area contributed by atoms with Crippen molar-refractivity contribution < 1.29 is 13.2 Å². The quantitative estimate of drug-likeness (QED) is 0.706. The average molecular weight is 376 g/mol. The van der Waals surface area contributed by atoms with Crippen LogP contribution in [0, 0.1) is 11.8 Å². The Kier molecular flexibility index (Phi) is 8.15. The van der Waals surface area contributed by atoms with Crippen LogP contribution in [0.1, 0.15) is 31.7 Å². The molecule has 1 aliphatic rings. The smallest absolute Gasteiger partial charge is 0.224 e. The number of piperidine rings is 1. The van der Waals surface area contributed by atoms with Gasteiger partial charge in [0.2, 0.25) is 15.9 Å². The van der Waals surface area contributed by atoms with Crippen molar-refractivity contribution in [2.24, 2.45) is 17.0 Å². The second kappa shape index (κ2) is 9.36. The zero-order valence-electron chi connectivity index (χ0n) is 13.8. The highest BCUT2D eigenvalue weighted by Gasteiger charge is 2.22. The Morgan fingerprint density at radius 3 is 2.42 bits per heavy atom. The molecule has 1 aromatic rings. The van der Waals surface area contributed by atoms with Gasteiger partial charge >= 0.3 is 0 Å². The Labute approximate surface area is 150 Å². The molecular formula is C16H26ClN3O3S. The minimum Gasteiger partial charge on any atom is -0.326 e. The summed E-state index contributed by atoms with van der Waals surface area (Å²) in [7, 11) is -3.53. The lowest BCUT2D eigenvalue weighted by atomic mass is 9.84. The molecule has 1 saturated heterocycles. The van der Waals surface area contributed by atoms with Gasteiger partial charge in [0.1, 0.15) is 0 Å². The van der Waals surface area contributed by atoms with Crippen LogP contribution in [0.2, 0.25) is 0 Å². The second-order valence-electron chi connectivity index (χ2n) is 6.32. The van der Waals surface area contributed by atoms with E-state index in [1.165, 1.54) is 0 Å².